The zero-order chi connectivity index (χ0) is 12.3. The van der Waals surface area contributed by atoms with Gasteiger partial charge in [-0.15, -0.1) is 0 Å². The predicted octanol–water partition coefficient (Wildman–Crippen LogP) is 2.26. The molecule has 1 heterocycles. The molecule has 0 bridgehead atoms. The molecule has 0 amide bonds. The summed E-state index contributed by atoms with van der Waals surface area (Å²) in [4.78, 5) is 14.7. The molecule has 0 radical (unpaired) electrons. The van der Waals surface area contributed by atoms with Crippen LogP contribution < -0.4 is 0 Å². The maximum absolute atomic E-state index is 10.5. The van der Waals surface area contributed by atoms with E-state index in [-0.39, 0.29) is 12.5 Å². The van der Waals surface area contributed by atoms with Crippen molar-refractivity contribution in [2.75, 3.05) is 6.61 Å². The van der Waals surface area contributed by atoms with Gasteiger partial charge in [0.15, 0.2) is 5.90 Å². The topological polar surface area (TPSA) is 58.9 Å². The number of carboxylic acids is 1. The van der Waals surface area contributed by atoms with Crippen LogP contribution in [0.4, 0.5) is 0 Å². The summed E-state index contributed by atoms with van der Waals surface area (Å²) in [6.45, 7) is 0.467. The molecule has 90 valence electrons. The van der Waals surface area contributed by atoms with Gasteiger partial charge in [0.1, 0.15) is 13.0 Å². The number of hydrogen-bond acceptors (Lipinski definition) is 3. The molecular weight excluding hydrogens is 286 g/mol. The molecule has 0 aromatic heterocycles. The van der Waals surface area contributed by atoms with Gasteiger partial charge in [0, 0.05) is 4.47 Å². The van der Waals surface area contributed by atoms with E-state index in [1.807, 2.05) is 24.3 Å². The summed E-state index contributed by atoms with van der Waals surface area (Å²) in [6.07, 6.45) is 0.636. The second-order valence-electron chi connectivity index (χ2n) is 3.89. The Morgan fingerprint density at radius 1 is 1.59 bits per heavy atom. The van der Waals surface area contributed by atoms with Gasteiger partial charge >= 0.3 is 5.97 Å². The molecule has 1 aliphatic rings. The van der Waals surface area contributed by atoms with Gasteiger partial charge in [0.25, 0.3) is 0 Å². The highest BCUT2D eigenvalue weighted by atomic mass is 79.9. The molecule has 17 heavy (non-hydrogen) atoms. The third-order valence-corrected chi connectivity index (χ3v) is 2.92. The van der Waals surface area contributed by atoms with Crippen molar-refractivity contribution >= 4 is 27.8 Å². The van der Waals surface area contributed by atoms with Crippen molar-refractivity contribution in [1.29, 1.82) is 0 Å². The van der Waals surface area contributed by atoms with Crippen molar-refractivity contribution < 1.29 is 14.6 Å². The van der Waals surface area contributed by atoms with Gasteiger partial charge in [-0.25, -0.2) is 4.99 Å². The summed E-state index contributed by atoms with van der Waals surface area (Å²) in [5.74, 6) is -0.579. The third-order valence-electron chi connectivity index (χ3n) is 2.43. The molecule has 0 fully saturated rings. The molecule has 1 aliphatic heterocycles. The highest BCUT2D eigenvalue weighted by molar-refractivity contribution is 9.10. The predicted molar refractivity (Wildman–Crippen MR) is 67.3 cm³/mol. The zero-order valence-electron chi connectivity index (χ0n) is 9.10. The molecular formula is C12H12BrNO3. The van der Waals surface area contributed by atoms with Gasteiger partial charge in [-0.1, -0.05) is 28.1 Å². The molecule has 1 N–H and O–H groups in total. The minimum atomic E-state index is -0.910. The summed E-state index contributed by atoms with van der Waals surface area (Å²) in [5.41, 5.74) is 1.16. The Morgan fingerprint density at radius 3 is 3.12 bits per heavy atom. The SMILES string of the molecule is O=C(O)CC1=NC(Cc2cccc(Br)c2)CO1. The second-order valence-corrected chi connectivity index (χ2v) is 4.81. The maximum Gasteiger partial charge on any atom is 0.312 e. The number of benzene rings is 1. The normalized spacial score (nSPS) is 18.6. The molecule has 1 unspecified atom stereocenters. The standard InChI is InChI=1S/C12H12BrNO3/c13-9-3-1-2-8(4-9)5-10-7-17-11(14-10)6-12(15)16/h1-4,10H,5-7H2,(H,15,16). The number of carbonyl (C=O) groups is 1. The summed E-state index contributed by atoms with van der Waals surface area (Å²) in [6, 6.07) is 8.02. The molecule has 1 atom stereocenters. The fraction of sp³-hybridized carbons (Fsp3) is 0.333. The van der Waals surface area contributed by atoms with Crippen LogP contribution in [0.15, 0.2) is 33.7 Å². The van der Waals surface area contributed by atoms with Crippen molar-refractivity contribution in [1.82, 2.24) is 0 Å². The molecule has 1 aromatic carbocycles. The van der Waals surface area contributed by atoms with Crippen LogP contribution in [-0.2, 0) is 16.0 Å². The summed E-state index contributed by atoms with van der Waals surface area (Å²) < 4.78 is 6.27. The molecule has 0 aliphatic carbocycles. The summed E-state index contributed by atoms with van der Waals surface area (Å²) >= 11 is 3.41. The minimum Gasteiger partial charge on any atom is -0.481 e. The van der Waals surface area contributed by atoms with Crippen molar-refractivity contribution in [3.8, 4) is 0 Å². The molecule has 5 heteroatoms. The van der Waals surface area contributed by atoms with Gasteiger partial charge in [0.05, 0.1) is 6.04 Å². The molecule has 0 saturated heterocycles. The smallest absolute Gasteiger partial charge is 0.312 e. The minimum absolute atomic E-state index is 0.0265. The van der Waals surface area contributed by atoms with Gasteiger partial charge in [-0.3, -0.25) is 4.79 Å². The Labute approximate surface area is 107 Å². The monoisotopic (exact) mass is 297 g/mol. The first-order valence-corrected chi connectivity index (χ1v) is 6.08. The average molecular weight is 298 g/mol. The quantitative estimate of drug-likeness (QED) is 0.927. The first kappa shape index (κ1) is 12.1. The Bertz CT molecular complexity index is 459. The van der Waals surface area contributed by atoms with Gasteiger partial charge in [-0.2, -0.15) is 0 Å². The Kier molecular flexibility index (Phi) is 3.78. The number of ether oxygens (including phenoxy) is 1. The van der Waals surface area contributed by atoms with Crippen LogP contribution >= 0.6 is 15.9 Å². The highest BCUT2D eigenvalue weighted by Crippen LogP contribution is 2.16. The van der Waals surface area contributed by atoms with E-state index >= 15 is 0 Å². The van der Waals surface area contributed by atoms with Crippen LogP contribution in [0.25, 0.3) is 0 Å². The number of nitrogens with zero attached hydrogens (tertiary/aromatic N) is 1. The molecule has 2 rings (SSSR count). The number of halogens is 1. The van der Waals surface area contributed by atoms with Crippen molar-refractivity contribution in [3.63, 3.8) is 0 Å². The second kappa shape index (κ2) is 5.31. The Balaban J connectivity index is 1.97. The summed E-state index contributed by atoms with van der Waals surface area (Å²) in [7, 11) is 0. The van der Waals surface area contributed by atoms with Crippen LogP contribution in [-0.4, -0.2) is 29.6 Å². The molecule has 4 nitrogen and oxygen atoms in total. The van der Waals surface area contributed by atoms with Crippen LogP contribution in [0.1, 0.15) is 12.0 Å². The van der Waals surface area contributed by atoms with Gasteiger partial charge in [0.2, 0.25) is 0 Å². The number of aliphatic imine (C=N–C) groups is 1. The van der Waals surface area contributed by atoms with Crippen molar-refractivity contribution in [2.24, 2.45) is 4.99 Å². The van der Waals surface area contributed by atoms with E-state index in [0.29, 0.717) is 12.5 Å². The number of rotatable bonds is 4. The molecule has 0 spiro atoms. The van der Waals surface area contributed by atoms with E-state index in [9.17, 15) is 4.79 Å². The van der Waals surface area contributed by atoms with Crippen LogP contribution in [0, 0.1) is 0 Å². The zero-order valence-corrected chi connectivity index (χ0v) is 10.7. The lowest BCUT2D eigenvalue weighted by atomic mass is 10.1. The number of carboxylic acid groups (broad SMARTS) is 1. The lowest BCUT2D eigenvalue weighted by Crippen LogP contribution is -2.10. The molecule has 0 saturated carbocycles. The van der Waals surface area contributed by atoms with Crippen molar-refractivity contribution in [3.05, 3.63) is 34.3 Å². The fourth-order valence-corrected chi connectivity index (χ4v) is 2.18. The lowest BCUT2D eigenvalue weighted by Gasteiger charge is -2.05. The number of hydrogen-bond donors (Lipinski definition) is 1. The van der Waals surface area contributed by atoms with Gasteiger partial charge < -0.3 is 9.84 Å². The first-order chi connectivity index (χ1) is 8.13. The summed E-state index contributed by atoms with van der Waals surface area (Å²) in [5, 5.41) is 8.62. The molecule has 1 aromatic rings. The maximum atomic E-state index is 10.5. The van der Waals surface area contributed by atoms with Crippen molar-refractivity contribution in [2.45, 2.75) is 18.9 Å². The van der Waals surface area contributed by atoms with E-state index in [2.05, 4.69) is 20.9 Å². The van der Waals surface area contributed by atoms with Crippen LogP contribution in [0.5, 0.6) is 0 Å². The van der Waals surface area contributed by atoms with Crippen LogP contribution in [0.3, 0.4) is 0 Å². The third kappa shape index (κ3) is 3.56. The Morgan fingerprint density at radius 2 is 2.41 bits per heavy atom. The first-order valence-electron chi connectivity index (χ1n) is 5.29. The highest BCUT2D eigenvalue weighted by Gasteiger charge is 2.20. The largest absolute Gasteiger partial charge is 0.481 e. The van der Waals surface area contributed by atoms with E-state index < -0.39 is 5.97 Å². The lowest BCUT2D eigenvalue weighted by molar-refractivity contribution is -0.135. The van der Waals surface area contributed by atoms with Gasteiger partial charge in [-0.05, 0) is 24.1 Å². The Hall–Kier alpha value is -1.36. The average Bonchev–Trinajstić information content (AvgIpc) is 2.64. The number of aliphatic carboxylic acids is 1. The fourth-order valence-electron chi connectivity index (χ4n) is 1.74. The van der Waals surface area contributed by atoms with E-state index in [1.54, 1.807) is 0 Å². The van der Waals surface area contributed by atoms with E-state index in [0.717, 1.165) is 16.5 Å². The van der Waals surface area contributed by atoms with E-state index in [4.69, 9.17) is 9.84 Å². The van der Waals surface area contributed by atoms with E-state index in [1.165, 1.54) is 0 Å². The van der Waals surface area contributed by atoms with Crippen LogP contribution in [0.2, 0.25) is 0 Å².